The molecule has 0 aromatic heterocycles. The van der Waals surface area contributed by atoms with Gasteiger partial charge in [-0.05, 0) is 13.3 Å². The van der Waals surface area contributed by atoms with Crippen LogP contribution in [-0.4, -0.2) is 11.2 Å². The van der Waals surface area contributed by atoms with E-state index in [1.165, 1.54) is 19.3 Å². The summed E-state index contributed by atoms with van der Waals surface area (Å²) in [7, 11) is 0. The van der Waals surface area contributed by atoms with Crippen molar-refractivity contribution in [1.82, 2.24) is 0 Å². The van der Waals surface area contributed by atoms with Gasteiger partial charge in [0, 0.05) is 5.92 Å². The minimum absolute atomic E-state index is 0.00614. The molecule has 70 valence electrons. The number of aliphatic hydroxyl groups is 1. The van der Waals surface area contributed by atoms with Crippen molar-refractivity contribution >= 4 is 0 Å². The summed E-state index contributed by atoms with van der Waals surface area (Å²) in [6, 6.07) is 0. The van der Waals surface area contributed by atoms with E-state index in [1.807, 2.05) is 6.92 Å². The highest BCUT2D eigenvalue weighted by Gasteiger charge is 2.09. The Kier molecular flexibility index (Phi) is 6.90. The van der Waals surface area contributed by atoms with Gasteiger partial charge in [0.2, 0.25) is 0 Å². The van der Waals surface area contributed by atoms with Gasteiger partial charge in [-0.1, -0.05) is 32.6 Å². The molecule has 0 bridgehead atoms. The smallest absolute Gasteiger partial charge is 0.0674 e. The Morgan fingerprint density at radius 3 is 2.50 bits per heavy atom. The molecule has 2 atom stereocenters. The number of hydrogen-bond donors (Lipinski definition) is 1. The maximum absolute atomic E-state index is 9.47. The molecule has 0 aromatic carbocycles. The second-order valence-electron chi connectivity index (χ2n) is 3.37. The van der Waals surface area contributed by atoms with E-state index in [4.69, 9.17) is 6.42 Å². The van der Waals surface area contributed by atoms with Crippen LogP contribution in [0, 0.1) is 18.3 Å². The van der Waals surface area contributed by atoms with E-state index in [9.17, 15) is 5.11 Å². The van der Waals surface area contributed by atoms with Gasteiger partial charge < -0.3 is 5.11 Å². The Balaban J connectivity index is 3.32. The van der Waals surface area contributed by atoms with Gasteiger partial charge in [0.25, 0.3) is 0 Å². The fourth-order valence-corrected chi connectivity index (χ4v) is 1.14. The van der Waals surface area contributed by atoms with E-state index in [1.54, 1.807) is 0 Å². The normalized spacial score (nSPS) is 15.2. The number of aliphatic hydroxyl groups excluding tert-OH is 1. The van der Waals surface area contributed by atoms with Crippen molar-refractivity contribution in [2.45, 2.75) is 52.1 Å². The molecule has 0 spiro atoms. The van der Waals surface area contributed by atoms with Crippen molar-refractivity contribution in [2.75, 3.05) is 0 Å². The van der Waals surface area contributed by atoms with Crippen LogP contribution in [-0.2, 0) is 0 Å². The fraction of sp³-hybridized carbons (Fsp3) is 0.818. The molecule has 0 amide bonds. The lowest BCUT2D eigenvalue weighted by Crippen LogP contribution is -2.15. The highest BCUT2D eigenvalue weighted by molar-refractivity contribution is 4.93. The van der Waals surface area contributed by atoms with E-state index >= 15 is 0 Å². The van der Waals surface area contributed by atoms with Crippen molar-refractivity contribution in [3.8, 4) is 12.3 Å². The molecule has 0 radical (unpaired) electrons. The lowest BCUT2D eigenvalue weighted by molar-refractivity contribution is 0.128. The van der Waals surface area contributed by atoms with E-state index in [-0.39, 0.29) is 12.0 Å². The van der Waals surface area contributed by atoms with Gasteiger partial charge in [-0.25, -0.2) is 0 Å². The summed E-state index contributed by atoms with van der Waals surface area (Å²) in [6.07, 6.45) is 10.6. The third kappa shape index (κ3) is 5.21. The Hall–Kier alpha value is -0.480. The first kappa shape index (κ1) is 11.5. The van der Waals surface area contributed by atoms with Crippen LogP contribution >= 0.6 is 0 Å². The molecular weight excluding hydrogens is 148 g/mol. The van der Waals surface area contributed by atoms with Gasteiger partial charge >= 0.3 is 0 Å². The van der Waals surface area contributed by atoms with Gasteiger partial charge in [-0.15, -0.1) is 12.3 Å². The molecule has 1 heteroatoms. The first-order valence-corrected chi connectivity index (χ1v) is 4.86. The average molecular weight is 168 g/mol. The molecular formula is C11H20O. The summed E-state index contributed by atoms with van der Waals surface area (Å²) in [5, 5.41) is 9.47. The van der Waals surface area contributed by atoms with Crippen molar-refractivity contribution in [1.29, 1.82) is 0 Å². The van der Waals surface area contributed by atoms with Crippen molar-refractivity contribution < 1.29 is 5.11 Å². The van der Waals surface area contributed by atoms with Gasteiger partial charge in [0.1, 0.15) is 0 Å². The SMILES string of the molecule is C#C[C@H](C)[C@H](O)CCCCCC. The van der Waals surface area contributed by atoms with Crippen LogP contribution in [0.25, 0.3) is 0 Å². The van der Waals surface area contributed by atoms with E-state index < -0.39 is 0 Å². The highest BCUT2D eigenvalue weighted by atomic mass is 16.3. The quantitative estimate of drug-likeness (QED) is 0.477. The van der Waals surface area contributed by atoms with Crippen molar-refractivity contribution in [3.63, 3.8) is 0 Å². The Labute approximate surface area is 76.2 Å². The highest BCUT2D eigenvalue weighted by Crippen LogP contribution is 2.11. The summed E-state index contributed by atoms with van der Waals surface area (Å²) in [5.41, 5.74) is 0. The lowest BCUT2D eigenvalue weighted by Gasteiger charge is -2.12. The molecule has 0 heterocycles. The average Bonchev–Trinajstić information content (AvgIpc) is 2.10. The third-order valence-electron chi connectivity index (χ3n) is 2.19. The zero-order valence-corrected chi connectivity index (χ0v) is 8.21. The fourth-order valence-electron chi connectivity index (χ4n) is 1.14. The second-order valence-corrected chi connectivity index (χ2v) is 3.37. The third-order valence-corrected chi connectivity index (χ3v) is 2.19. The van der Waals surface area contributed by atoms with E-state index in [2.05, 4.69) is 12.8 Å². The predicted molar refractivity (Wildman–Crippen MR) is 52.8 cm³/mol. The molecule has 0 aromatic rings. The molecule has 1 nitrogen and oxygen atoms in total. The van der Waals surface area contributed by atoms with Crippen LogP contribution in [0.15, 0.2) is 0 Å². The van der Waals surface area contributed by atoms with Crippen LogP contribution in [0.1, 0.15) is 46.0 Å². The molecule has 0 unspecified atom stereocenters. The molecule has 12 heavy (non-hydrogen) atoms. The molecule has 0 aliphatic carbocycles. The largest absolute Gasteiger partial charge is 0.392 e. The van der Waals surface area contributed by atoms with Crippen LogP contribution in [0.5, 0.6) is 0 Å². The zero-order valence-electron chi connectivity index (χ0n) is 8.21. The standard InChI is InChI=1S/C11H20O/c1-4-6-7-8-9-11(12)10(3)5-2/h2,10-12H,4,6-9H2,1,3H3/t10-,11+/m0/s1. The summed E-state index contributed by atoms with van der Waals surface area (Å²) in [6.45, 7) is 4.07. The topological polar surface area (TPSA) is 20.2 Å². The summed E-state index contributed by atoms with van der Waals surface area (Å²) in [4.78, 5) is 0. The monoisotopic (exact) mass is 168 g/mol. The predicted octanol–water partition coefficient (Wildman–Crippen LogP) is 2.59. The molecule has 1 N–H and O–H groups in total. The van der Waals surface area contributed by atoms with Crippen LogP contribution in [0.2, 0.25) is 0 Å². The zero-order chi connectivity index (χ0) is 9.40. The van der Waals surface area contributed by atoms with Gasteiger partial charge in [-0.3, -0.25) is 0 Å². The summed E-state index contributed by atoms with van der Waals surface area (Å²) < 4.78 is 0. The minimum atomic E-state index is -0.299. The number of unbranched alkanes of at least 4 members (excludes halogenated alkanes) is 3. The molecule has 0 aliphatic heterocycles. The van der Waals surface area contributed by atoms with Crippen molar-refractivity contribution in [2.24, 2.45) is 5.92 Å². The molecule has 0 aliphatic rings. The summed E-state index contributed by atoms with van der Waals surface area (Å²) in [5.74, 6) is 2.56. The molecule has 0 saturated heterocycles. The Morgan fingerprint density at radius 1 is 1.33 bits per heavy atom. The first-order chi connectivity index (χ1) is 5.72. The van der Waals surface area contributed by atoms with Crippen molar-refractivity contribution in [3.05, 3.63) is 0 Å². The second kappa shape index (κ2) is 7.18. The molecule has 0 fully saturated rings. The maximum Gasteiger partial charge on any atom is 0.0674 e. The molecule has 0 saturated carbocycles. The Morgan fingerprint density at radius 2 is 2.00 bits per heavy atom. The molecule has 0 rings (SSSR count). The van der Waals surface area contributed by atoms with Gasteiger partial charge in [-0.2, -0.15) is 0 Å². The van der Waals surface area contributed by atoms with Crippen LogP contribution < -0.4 is 0 Å². The summed E-state index contributed by atoms with van der Waals surface area (Å²) >= 11 is 0. The first-order valence-electron chi connectivity index (χ1n) is 4.86. The van der Waals surface area contributed by atoms with Gasteiger partial charge in [0.05, 0.1) is 6.10 Å². The minimum Gasteiger partial charge on any atom is -0.392 e. The van der Waals surface area contributed by atoms with E-state index in [0.29, 0.717) is 0 Å². The van der Waals surface area contributed by atoms with Crippen LogP contribution in [0.3, 0.4) is 0 Å². The number of rotatable bonds is 6. The number of terminal acetylenes is 1. The maximum atomic E-state index is 9.47. The lowest BCUT2D eigenvalue weighted by atomic mass is 10.00. The number of hydrogen-bond acceptors (Lipinski definition) is 1. The van der Waals surface area contributed by atoms with Crippen LogP contribution in [0.4, 0.5) is 0 Å². The van der Waals surface area contributed by atoms with Gasteiger partial charge in [0.15, 0.2) is 0 Å². The Bertz CT molecular complexity index is 134. The van der Waals surface area contributed by atoms with E-state index in [0.717, 1.165) is 12.8 Å².